The predicted molar refractivity (Wildman–Crippen MR) is 60.7 cm³/mol. The summed E-state index contributed by atoms with van der Waals surface area (Å²) in [7, 11) is 0. The predicted octanol–water partition coefficient (Wildman–Crippen LogP) is 2.08. The zero-order chi connectivity index (χ0) is 10.8. The zero-order valence-corrected chi connectivity index (χ0v) is 9.53. The van der Waals surface area contributed by atoms with Crippen LogP contribution in [0.4, 0.5) is 0 Å². The van der Waals surface area contributed by atoms with Gasteiger partial charge in [-0.3, -0.25) is 0 Å². The Morgan fingerprint density at radius 3 is 2.13 bits per heavy atom. The molecule has 1 aromatic heterocycles. The van der Waals surface area contributed by atoms with Crippen molar-refractivity contribution in [3.05, 3.63) is 23.3 Å². The van der Waals surface area contributed by atoms with Gasteiger partial charge >= 0.3 is 0 Å². The van der Waals surface area contributed by atoms with E-state index in [1.165, 1.54) is 0 Å². The van der Waals surface area contributed by atoms with Crippen LogP contribution in [0.25, 0.3) is 0 Å². The van der Waals surface area contributed by atoms with Crippen LogP contribution in [-0.2, 0) is 0 Å². The van der Waals surface area contributed by atoms with Gasteiger partial charge in [-0.25, -0.2) is 9.97 Å². The highest BCUT2D eigenvalue weighted by Gasteiger charge is 2.22. The van der Waals surface area contributed by atoms with Crippen LogP contribution in [0.5, 0.6) is 0 Å². The number of aryl methyl sites for hydroxylation is 2. The summed E-state index contributed by atoms with van der Waals surface area (Å²) < 4.78 is 0. The van der Waals surface area contributed by atoms with Gasteiger partial charge in [-0.15, -0.1) is 0 Å². The SMILES string of the molecule is Cc1cc(C)nc(C2CCC(N)CC2)n1. The maximum atomic E-state index is 5.89. The molecule has 1 aromatic rings. The number of rotatable bonds is 1. The van der Waals surface area contributed by atoms with Gasteiger partial charge in [-0.2, -0.15) is 0 Å². The minimum atomic E-state index is 0.396. The van der Waals surface area contributed by atoms with Crippen LogP contribution in [0.1, 0.15) is 48.8 Å². The Kier molecular flexibility index (Phi) is 3.00. The Labute approximate surface area is 91.1 Å². The van der Waals surface area contributed by atoms with Crippen molar-refractivity contribution in [3.63, 3.8) is 0 Å². The van der Waals surface area contributed by atoms with Gasteiger partial charge in [0.2, 0.25) is 0 Å². The largest absolute Gasteiger partial charge is 0.328 e. The fourth-order valence-corrected chi connectivity index (χ4v) is 2.31. The Morgan fingerprint density at radius 2 is 1.60 bits per heavy atom. The molecule has 0 amide bonds. The third kappa shape index (κ3) is 2.53. The van der Waals surface area contributed by atoms with Crippen LogP contribution in [0.15, 0.2) is 6.07 Å². The van der Waals surface area contributed by atoms with Crippen LogP contribution in [0.3, 0.4) is 0 Å². The molecule has 1 saturated carbocycles. The van der Waals surface area contributed by atoms with E-state index in [1.807, 2.05) is 19.9 Å². The lowest BCUT2D eigenvalue weighted by atomic mass is 9.86. The first-order chi connectivity index (χ1) is 7.15. The third-order valence-electron chi connectivity index (χ3n) is 3.14. The van der Waals surface area contributed by atoms with Crippen molar-refractivity contribution in [1.29, 1.82) is 0 Å². The molecular formula is C12H19N3. The summed E-state index contributed by atoms with van der Waals surface area (Å²) in [5, 5.41) is 0. The Hall–Kier alpha value is -0.960. The van der Waals surface area contributed by atoms with E-state index in [0.29, 0.717) is 12.0 Å². The van der Waals surface area contributed by atoms with E-state index >= 15 is 0 Å². The molecule has 0 unspecified atom stereocenters. The molecule has 0 atom stereocenters. The van der Waals surface area contributed by atoms with Gasteiger partial charge < -0.3 is 5.73 Å². The summed E-state index contributed by atoms with van der Waals surface area (Å²) in [5.74, 6) is 1.56. The fourth-order valence-electron chi connectivity index (χ4n) is 2.31. The molecule has 0 saturated heterocycles. The van der Waals surface area contributed by atoms with Crippen molar-refractivity contribution in [1.82, 2.24) is 9.97 Å². The second-order valence-electron chi connectivity index (χ2n) is 4.62. The lowest BCUT2D eigenvalue weighted by Crippen LogP contribution is -2.26. The van der Waals surface area contributed by atoms with E-state index in [0.717, 1.165) is 42.9 Å². The number of nitrogens with zero attached hydrogens (tertiary/aromatic N) is 2. The molecule has 1 fully saturated rings. The summed E-state index contributed by atoms with van der Waals surface area (Å²) in [6.07, 6.45) is 4.51. The van der Waals surface area contributed by atoms with E-state index in [1.54, 1.807) is 0 Å². The van der Waals surface area contributed by atoms with Gasteiger partial charge in [-0.1, -0.05) is 0 Å². The lowest BCUT2D eigenvalue weighted by Gasteiger charge is -2.25. The number of hydrogen-bond donors (Lipinski definition) is 1. The molecule has 3 heteroatoms. The molecule has 1 aliphatic rings. The first-order valence-electron chi connectivity index (χ1n) is 5.73. The molecule has 0 spiro atoms. The second kappa shape index (κ2) is 4.27. The first kappa shape index (κ1) is 10.6. The summed E-state index contributed by atoms with van der Waals surface area (Å²) >= 11 is 0. The van der Waals surface area contributed by atoms with E-state index in [-0.39, 0.29) is 0 Å². The van der Waals surface area contributed by atoms with Gasteiger partial charge in [-0.05, 0) is 45.6 Å². The summed E-state index contributed by atoms with van der Waals surface area (Å²) in [6.45, 7) is 4.07. The lowest BCUT2D eigenvalue weighted by molar-refractivity contribution is 0.384. The monoisotopic (exact) mass is 205 g/mol. The average molecular weight is 205 g/mol. The second-order valence-corrected chi connectivity index (χ2v) is 4.62. The summed E-state index contributed by atoms with van der Waals surface area (Å²) in [6, 6.07) is 2.42. The van der Waals surface area contributed by atoms with Gasteiger partial charge in [0.15, 0.2) is 0 Å². The quantitative estimate of drug-likeness (QED) is 0.763. The summed E-state index contributed by atoms with van der Waals surface area (Å²) in [4.78, 5) is 9.06. The molecule has 2 rings (SSSR count). The maximum absolute atomic E-state index is 5.89. The molecule has 1 aliphatic carbocycles. The summed E-state index contributed by atoms with van der Waals surface area (Å²) in [5.41, 5.74) is 8.05. The van der Waals surface area contributed by atoms with Crippen LogP contribution in [-0.4, -0.2) is 16.0 Å². The van der Waals surface area contributed by atoms with E-state index < -0.39 is 0 Å². The van der Waals surface area contributed by atoms with Gasteiger partial charge in [0.25, 0.3) is 0 Å². The first-order valence-corrected chi connectivity index (χ1v) is 5.73. The highest BCUT2D eigenvalue weighted by molar-refractivity contribution is 5.11. The van der Waals surface area contributed by atoms with Crippen molar-refractivity contribution in [2.75, 3.05) is 0 Å². The minimum absolute atomic E-state index is 0.396. The van der Waals surface area contributed by atoms with Crippen LogP contribution >= 0.6 is 0 Å². The molecule has 1 heterocycles. The highest BCUT2D eigenvalue weighted by Crippen LogP contribution is 2.30. The Bertz CT molecular complexity index is 320. The van der Waals surface area contributed by atoms with Crippen molar-refractivity contribution in [2.45, 2.75) is 51.5 Å². The molecule has 15 heavy (non-hydrogen) atoms. The van der Waals surface area contributed by atoms with Crippen molar-refractivity contribution in [3.8, 4) is 0 Å². The van der Waals surface area contributed by atoms with Crippen molar-refractivity contribution in [2.24, 2.45) is 5.73 Å². The molecule has 0 aromatic carbocycles. The molecular weight excluding hydrogens is 186 g/mol. The molecule has 3 nitrogen and oxygen atoms in total. The molecule has 0 bridgehead atoms. The van der Waals surface area contributed by atoms with E-state index in [2.05, 4.69) is 9.97 Å². The highest BCUT2D eigenvalue weighted by atomic mass is 14.9. The molecule has 0 aliphatic heterocycles. The molecule has 82 valence electrons. The normalized spacial score (nSPS) is 26.6. The topological polar surface area (TPSA) is 51.8 Å². The van der Waals surface area contributed by atoms with Crippen LogP contribution in [0, 0.1) is 13.8 Å². The average Bonchev–Trinajstić information content (AvgIpc) is 2.17. The third-order valence-corrected chi connectivity index (χ3v) is 3.14. The Balaban J connectivity index is 2.15. The van der Waals surface area contributed by atoms with Gasteiger partial charge in [0.05, 0.1) is 0 Å². The van der Waals surface area contributed by atoms with Crippen molar-refractivity contribution < 1.29 is 0 Å². The minimum Gasteiger partial charge on any atom is -0.328 e. The smallest absolute Gasteiger partial charge is 0.131 e. The zero-order valence-electron chi connectivity index (χ0n) is 9.53. The van der Waals surface area contributed by atoms with Crippen LogP contribution < -0.4 is 5.73 Å². The van der Waals surface area contributed by atoms with Crippen molar-refractivity contribution >= 4 is 0 Å². The number of aromatic nitrogens is 2. The molecule has 2 N–H and O–H groups in total. The van der Waals surface area contributed by atoms with Gasteiger partial charge in [0, 0.05) is 23.3 Å². The van der Waals surface area contributed by atoms with E-state index in [4.69, 9.17) is 5.73 Å². The van der Waals surface area contributed by atoms with Gasteiger partial charge in [0.1, 0.15) is 5.82 Å². The number of nitrogens with two attached hydrogens (primary N) is 1. The fraction of sp³-hybridized carbons (Fsp3) is 0.667. The number of hydrogen-bond acceptors (Lipinski definition) is 3. The standard InChI is InChI=1S/C12H19N3/c1-8-7-9(2)15-12(14-8)10-3-5-11(13)6-4-10/h7,10-11H,3-6,13H2,1-2H3. The molecule has 0 radical (unpaired) electrons. The maximum Gasteiger partial charge on any atom is 0.131 e. The Morgan fingerprint density at radius 1 is 1.07 bits per heavy atom. The van der Waals surface area contributed by atoms with E-state index in [9.17, 15) is 0 Å². The van der Waals surface area contributed by atoms with Crippen LogP contribution in [0.2, 0.25) is 0 Å².